The number of rotatable bonds is 3. The van der Waals surface area contributed by atoms with Gasteiger partial charge in [-0.2, -0.15) is 0 Å². The lowest BCUT2D eigenvalue weighted by Gasteiger charge is -2.03. The van der Waals surface area contributed by atoms with Gasteiger partial charge in [0, 0.05) is 7.05 Å². The van der Waals surface area contributed by atoms with Crippen LogP contribution in [0.2, 0.25) is 0 Å². The summed E-state index contributed by atoms with van der Waals surface area (Å²) in [5.74, 6) is -0.684. The summed E-state index contributed by atoms with van der Waals surface area (Å²) in [4.78, 5) is 20.5. The minimum Gasteiger partial charge on any atom is -0.391 e. The quantitative estimate of drug-likeness (QED) is 0.269. The first-order valence-electron chi connectivity index (χ1n) is 2.81. The van der Waals surface area contributed by atoms with Crippen LogP contribution in [0.5, 0.6) is 0 Å². The Hall–Kier alpha value is -1.72. The number of carbonyl (C=O) groups is 2. The molecule has 0 rings (SSSR count). The normalized spacial score (nSPS) is 11.4. The van der Waals surface area contributed by atoms with Gasteiger partial charge in [-0.05, 0) is 0 Å². The summed E-state index contributed by atoms with van der Waals surface area (Å²) in [6.45, 7) is 0. The van der Waals surface area contributed by atoms with E-state index in [0.29, 0.717) is 0 Å². The third-order valence-electron chi connectivity index (χ3n) is 0.994. The van der Waals surface area contributed by atoms with Crippen molar-refractivity contribution in [2.75, 3.05) is 7.05 Å². The van der Waals surface area contributed by atoms with E-state index in [2.05, 4.69) is 5.32 Å². The number of nitrogens with one attached hydrogen (secondary N) is 2. The van der Waals surface area contributed by atoms with Gasteiger partial charge in [0.1, 0.15) is 11.5 Å². The first-order chi connectivity index (χ1) is 5.13. The molecule has 0 aliphatic carbocycles. The van der Waals surface area contributed by atoms with Crippen LogP contribution in [0.3, 0.4) is 0 Å². The number of carbonyl (C=O) groups excluding carboxylic acids is 2. The molecule has 62 valence electrons. The molecule has 0 heterocycles. The Kier molecular flexibility index (Phi) is 3.50. The molecule has 0 aromatic rings. The lowest BCUT2D eigenvalue weighted by molar-refractivity contribution is -0.122. The fraction of sp³-hybridized carbons (Fsp3) is 0.200. The van der Waals surface area contributed by atoms with Crippen LogP contribution in [-0.4, -0.2) is 19.4 Å². The Bertz CT molecular complexity index is 199. The molecule has 0 spiro atoms. The molecule has 0 saturated heterocycles. The van der Waals surface area contributed by atoms with Crippen LogP contribution >= 0.6 is 0 Å². The van der Waals surface area contributed by atoms with E-state index in [4.69, 9.17) is 11.5 Å². The second-order valence-corrected chi connectivity index (χ2v) is 1.67. The molecule has 0 fully saturated rings. The number of hydrogen-bond acceptors (Lipinski definition) is 5. The summed E-state index contributed by atoms with van der Waals surface area (Å²) in [6.07, 6.45) is 0.234. The van der Waals surface area contributed by atoms with Crippen molar-refractivity contribution in [2.24, 2.45) is 11.5 Å². The zero-order chi connectivity index (χ0) is 8.85. The van der Waals surface area contributed by atoms with E-state index < -0.39 is 5.91 Å². The van der Waals surface area contributed by atoms with Crippen molar-refractivity contribution in [3.63, 3.8) is 0 Å². The zero-order valence-corrected chi connectivity index (χ0v) is 6.05. The standard InChI is InChI=1S/C5H10N4O2/c1-8-4(7)3(6)5(11)9-2-10/h2,8H,6-7H2,1H3,(H,9,10,11)/b4-3+. The monoisotopic (exact) mass is 158 g/mol. The number of amides is 2. The van der Waals surface area contributed by atoms with Gasteiger partial charge in [-0.25, -0.2) is 0 Å². The van der Waals surface area contributed by atoms with E-state index in [1.54, 1.807) is 0 Å². The van der Waals surface area contributed by atoms with Crippen molar-refractivity contribution < 1.29 is 9.59 Å². The molecule has 0 radical (unpaired) electrons. The largest absolute Gasteiger partial charge is 0.391 e. The summed E-state index contributed by atoms with van der Waals surface area (Å²) in [7, 11) is 1.51. The maximum absolute atomic E-state index is 10.7. The van der Waals surface area contributed by atoms with Crippen molar-refractivity contribution in [1.29, 1.82) is 0 Å². The Balaban J connectivity index is 4.33. The molecule has 0 aliphatic heterocycles. The van der Waals surface area contributed by atoms with E-state index in [-0.39, 0.29) is 17.9 Å². The highest BCUT2D eigenvalue weighted by molar-refractivity contribution is 5.98. The fourth-order valence-electron chi connectivity index (χ4n) is 0.388. The predicted octanol–water partition coefficient (Wildman–Crippen LogP) is -2.44. The molecule has 0 bridgehead atoms. The third kappa shape index (κ3) is 2.57. The van der Waals surface area contributed by atoms with E-state index >= 15 is 0 Å². The minimum absolute atomic E-state index is 0.0318. The minimum atomic E-state index is -0.716. The summed E-state index contributed by atoms with van der Waals surface area (Å²) in [5, 5.41) is 4.30. The Labute approximate surface area is 63.6 Å². The number of nitrogens with two attached hydrogens (primary N) is 2. The molecule has 0 atom stereocenters. The number of imide groups is 1. The first-order valence-corrected chi connectivity index (χ1v) is 2.81. The van der Waals surface area contributed by atoms with Gasteiger partial charge in [0.2, 0.25) is 6.41 Å². The molecule has 6 nitrogen and oxygen atoms in total. The summed E-state index contributed by atoms with van der Waals surface area (Å²) in [5.41, 5.74) is 10.2. The lowest BCUT2D eigenvalue weighted by Crippen LogP contribution is -2.33. The summed E-state index contributed by atoms with van der Waals surface area (Å²) in [6, 6.07) is 0. The predicted molar refractivity (Wildman–Crippen MR) is 38.7 cm³/mol. The van der Waals surface area contributed by atoms with Crippen molar-refractivity contribution in [2.45, 2.75) is 0 Å². The van der Waals surface area contributed by atoms with Gasteiger partial charge >= 0.3 is 0 Å². The smallest absolute Gasteiger partial charge is 0.277 e. The van der Waals surface area contributed by atoms with E-state index in [1.807, 2.05) is 5.32 Å². The molecule has 6 heteroatoms. The zero-order valence-electron chi connectivity index (χ0n) is 6.05. The molecule has 0 saturated carbocycles. The van der Waals surface area contributed by atoms with Gasteiger partial charge in [0.15, 0.2) is 0 Å². The van der Waals surface area contributed by atoms with Gasteiger partial charge in [0.05, 0.1) is 0 Å². The third-order valence-corrected chi connectivity index (χ3v) is 0.994. The van der Waals surface area contributed by atoms with Crippen LogP contribution in [0.15, 0.2) is 11.5 Å². The van der Waals surface area contributed by atoms with Crippen molar-refractivity contribution in [1.82, 2.24) is 10.6 Å². The van der Waals surface area contributed by atoms with Gasteiger partial charge in [-0.15, -0.1) is 0 Å². The fourth-order valence-corrected chi connectivity index (χ4v) is 0.388. The molecule has 0 unspecified atom stereocenters. The number of hydrogen-bond donors (Lipinski definition) is 4. The van der Waals surface area contributed by atoms with Crippen LogP contribution in [0.4, 0.5) is 0 Å². The second kappa shape index (κ2) is 4.15. The van der Waals surface area contributed by atoms with Crippen LogP contribution in [0.1, 0.15) is 0 Å². The van der Waals surface area contributed by atoms with Crippen molar-refractivity contribution in [3.8, 4) is 0 Å². The molecule has 0 aromatic carbocycles. The molecular formula is C5H10N4O2. The van der Waals surface area contributed by atoms with Gasteiger partial charge in [0.25, 0.3) is 5.91 Å². The van der Waals surface area contributed by atoms with Gasteiger partial charge in [-0.3, -0.25) is 14.9 Å². The molecule has 2 amide bonds. The summed E-state index contributed by atoms with van der Waals surface area (Å²) >= 11 is 0. The molecule has 0 aromatic heterocycles. The second-order valence-electron chi connectivity index (χ2n) is 1.67. The molecule has 0 aliphatic rings. The maximum Gasteiger partial charge on any atom is 0.277 e. The first kappa shape index (κ1) is 9.28. The average Bonchev–Trinajstić information content (AvgIpc) is 2.02. The molecule has 11 heavy (non-hydrogen) atoms. The Morgan fingerprint density at radius 2 is 2.00 bits per heavy atom. The van der Waals surface area contributed by atoms with E-state index in [9.17, 15) is 9.59 Å². The van der Waals surface area contributed by atoms with Crippen molar-refractivity contribution >= 4 is 12.3 Å². The van der Waals surface area contributed by atoms with Crippen LogP contribution < -0.4 is 22.1 Å². The lowest BCUT2D eigenvalue weighted by atomic mass is 10.4. The molecule has 6 N–H and O–H groups in total. The highest BCUT2D eigenvalue weighted by atomic mass is 16.2. The maximum atomic E-state index is 10.7. The SMILES string of the molecule is CN/C(N)=C(/N)C(=O)NC=O. The Morgan fingerprint density at radius 1 is 1.45 bits per heavy atom. The van der Waals surface area contributed by atoms with Gasteiger partial charge in [-0.1, -0.05) is 0 Å². The van der Waals surface area contributed by atoms with Crippen LogP contribution in [-0.2, 0) is 9.59 Å². The average molecular weight is 158 g/mol. The van der Waals surface area contributed by atoms with Crippen molar-refractivity contribution in [3.05, 3.63) is 11.5 Å². The van der Waals surface area contributed by atoms with E-state index in [0.717, 1.165) is 0 Å². The molecular weight excluding hydrogens is 148 g/mol. The Morgan fingerprint density at radius 3 is 2.36 bits per heavy atom. The topological polar surface area (TPSA) is 110 Å². The van der Waals surface area contributed by atoms with Crippen LogP contribution in [0.25, 0.3) is 0 Å². The van der Waals surface area contributed by atoms with E-state index in [1.165, 1.54) is 7.05 Å². The summed E-state index contributed by atoms with van der Waals surface area (Å²) < 4.78 is 0. The highest BCUT2D eigenvalue weighted by Gasteiger charge is 2.06. The van der Waals surface area contributed by atoms with Crippen LogP contribution in [0, 0.1) is 0 Å². The highest BCUT2D eigenvalue weighted by Crippen LogP contribution is 1.84. The van der Waals surface area contributed by atoms with Gasteiger partial charge < -0.3 is 16.8 Å².